The molecule has 0 amide bonds. The molecule has 1 radical (unpaired) electrons. The molecule has 1 fully saturated rings. The summed E-state index contributed by atoms with van der Waals surface area (Å²) in [6, 6.07) is 0. The van der Waals surface area contributed by atoms with Crippen molar-refractivity contribution in [3.8, 4) is 0 Å². The SMILES string of the molecule is COC1C(CO)OC(C)C1C.[Re]. The Morgan fingerprint density at radius 1 is 1.42 bits per heavy atom. The first-order valence-electron chi connectivity index (χ1n) is 3.99. The van der Waals surface area contributed by atoms with Crippen LogP contribution in [0.25, 0.3) is 0 Å². The number of hydrogen-bond acceptors (Lipinski definition) is 3. The predicted molar refractivity (Wildman–Crippen MR) is 41.4 cm³/mol. The van der Waals surface area contributed by atoms with Crippen molar-refractivity contribution in [1.29, 1.82) is 0 Å². The first-order chi connectivity index (χ1) is 5.20. The van der Waals surface area contributed by atoms with E-state index in [1.165, 1.54) is 0 Å². The normalized spacial score (nSPS) is 41.0. The van der Waals surface area contributed by atoms with Crippen LogP contribution in [0.4, 0.5) is 0 Å². The van der Waals surface area contributed by atoms with Gasteiger partial charge in [-0.3, -0.25) is 0 Å². The van der Waals surface area contributed by atoms with E-state index in [2.05, 4.69) is 6.92 Å². The summed E-state index contributed by atoms with van der Waals surface area (Å²) in [5.41, 5.74) is 0. The summed E-state index contributed by atoms with van der Waals surface area (Å²) in [4.78, 5) is 0. The molecule has 1 aliphatic rings. The molecule has 4 heteroatoms. The number of ether oxygens (including phenoxy) is 2. The summed E-state index contributed by atoms with van der Waals surface area (Å²) in [6.45, 7) is 4.13. The molecule has 1 N–H and O–H groups in total. The van der Waals surface area contributed by atoms with Crippen molar-refractivity contribution < 1.29 is 35.0 Å². The number of methoxy groups -OCH3 is 1. The van der Waals surface area contributed by atoms with E-state index in [-0.39, 0.29) is 45.3 Å². The van der Waals surface area contributed by atoms with Gasteiger partial charge in [-0.1, -0.05) is 6.92 Å². The Labute approximate surface area is 87.1 Å². The monoisotopic (exact) mass is 347 g/mol. The minimum atomic E-state index is -0.134. The molecule has 0 spiro atoms. The molecule has 3 nitrogen and oxygen atoms in total. The fourth-order valence-electron chi connectivity index (χ4n) is 1.60. The summed E-state index contributed by atoms with van der Waals surface area (Å²) < 4.78 is 10.7. The maximum absolute atomic E-state index is 8.90. The minimum Gasteiger partial charge on any atom is -0.394 e. The molecule has 0 bridgehead atoms. The summed E-state index contributed by atoms with van der Waals surface area (Å²) in [6.07, 6.45) is 0.108. The first kappa shape index (κ1) is 12.5. The van der Waals surface area contributed by atoms with E-state index >= 15 is 0 Å². The molecule has 0 aromatic rings. The molecule has 73 valence electrons. The van der Waals surface area contributed by atoms with Crippen LogP contribution < -0.4 is 0 Å². The van der Waals surface area contributed by atoms with Crippen LogP contribution >= 0.6 is 0 Å². The van der Waals surface area contributed by atoms with E-state index in [9.17, 15) is 0 Å². The van der Waals surface area contributed by atoms with Crippen LogP contribution in [0.3, 0.4) is 0 Å². The van der Waals surface area contributed by atoms with Gasteiger partial charge in [-0.05, 0) is 6.92 Å². The molecule has 1 rings (SSSR count). The zero-order chi connectivity index (χ0) is 8.43. The van der Waals surface area contributed by atoms with Gasteiger partial charge in [0.25, 0.3) is 0 Å². The molecule has 1 saturated heterocycles. The average molecular weight is 346 g/mol. The standard InChI is InChI=1S/C8H16O3.Re/c1-5-6(2)11-7(4-9)8(5)10-3;/h5-9H,4H2,1-3H3;. The third-order valence-electron chi connectivity index (χ3n) is 2.47. The van der Waals surface area contributed by atoms with Crippen molar-refractivity contribution in [1.82, 2.24) is 0 Å². The number of aliphatic hydroxyl groups is 1. The maximum Gasteiger partial charge on any atom is 0.107 e. The molecule has 4 atom stereocenters. The fraction of sp³-hybridized carbons (Fsp3) is 1.00. The molecular weight excluding hydrogens is 330 g/mol. The van der Waals surface area contributed by atoms with Crippen LogP contribution in [0, 0.1) is 5.92 Å². The van der Waals surface area contributed by atoms with Gasteiger partial charge in [0.05, 0.1) is 18.8 Å². The summed E-state index contributed by atoms with van der Waals surface area (Å²) in [5, 5.41) is 8.90. The second-order valence-electron chi connectivity index (χ2n) is 3.12. The van der Waals surface area contributed by atoms with Crippen LogP contribution in [0.1, 0.15) is 13.8 Å². The Morgan fingerprint density at radius 2 is 2.00 bits per heavy atom. The summed E-state index contributed by atoms with van der Waals surface area (Å²) in [5.74, 6) is 0.372. The van der Waals surface area contributed by atoms with Gasteiger partial charge in [-0.25, -0.2) is 0 Å². The van der Waals surface area contributed by atoms with Crippen molar-refractivity contribution in [2.45, 2.75) is 32.2 Å². The van der Waals surface area contributed by atoms with Crippen LogP contribution in [0.5, 0.6) is 0 Å². The molecule has 4 unspecified atom stereocenters. The van der Waals surface area contributed by atoms with Crippen LogP contribution in [-0.4, -0.2) is 37.1 Å². The topological polar surface area (TPSA) is 38.7 Å². The average Bonchev–Trinajstić information content (AvgIpc) is 2.28. The molecule has 1 aliphatic heterocycles. The molecule has 1 heterocycles. The molecule has 0 aliphatic carbocycles. The zero-order valence-electron chi connectivity index (χ0n) is 7.66. The van der Waals surface area contributed by atoms with Crippen LogP contribution in [0.2, 0.25) is 0 Å². The van der Waals surface area contributed by atoms with E-state index in [4.69, 9.17) is 14.6 Å². The van der Waals surface area contributed by atoms with Crippen molar-refractivity contribution in [2.24, 2.45) is 5.92 Å². The third-order valence-corrected chi connectivity index (χ3v) is 2.47. The largest absolute Gasteiger partial charge is 0.394 e. The van der Waals surface area contributed by atoms with Crippen molar-refractivity contribution >= 4 is 0 Å². The fourth-order valence-corrected chi connectivity index (χ4v) is 1.60. The number of aliphatic hydroxyl groups excluding tert-OH is 1. The van der Waals surface area contributed by atoms with E-state index in [0.29, 0.717) is 5.92 Å². The van der Waals surface area contributed by atoms with E-state index in [1.807, 2.05) is 6.92 Å². The Kier molecular flexibility index (Phi) is 5.55. The molecule has 12 heavy (non-hydrogen) atoms. The quantitative estimate of drug-likeness (QED) is 0.787. The maximum atomic E-state index is 8.90. The second-order valence-corrected chi connectivity index (χ2v) is 3.12. The third kappa shape index (κ3) is 2.27. The summed E-state index contributed by atoms with van der Waals surface area (Å²) >= 11 is 0. The Bertz CT molecular complexity index is 131. The zero-order valence-corrected chi connectivity index (χ0v) is 10.4. The van der Waals surface area contributed by atoms with Crippen LogP contribution in [-0.2, 0) is 29.9 Å². The number of hydrogen-bond donors (Lipinski definition) is 1. The minimum absolute atomic E-state index is 0. The number of rotatable bonds is 2. The van der Waals surface area contributed by atoms with Gasteiger partial charge in [0.15, 0.2) is 0 Å². The van der Waals surface area contributed by atoms with E-state index in [1.54, 1.807) is 7.11 Å². The van der Waals surface area contributed by atoms with Gasteiger partial charge < -0.3 is 14.6 Å². The first-order valence-corrected chi connectivity index (χ1v) is 3.99. The van der Waals surface area contributed by atoms with Gasteiger partial charge in [0.1, 0.15) is 6.10 Å². The van der Waals surface area contributed by atoms with Gasteiger partial charge >= 0.3 is 0 Å². The van der Waals surface area contributed by atoms with Crippen molar-refractivity contribution in [2.75, 3.05) is 13.7 Å². The Hall–Kier alpha value is 0.542. The van der Waals surface area contributed by atoms with E-state index in [0.717, 1.165) is 0 Å². The van der Waals surface area contributed by atoms with Crippen molar-refractivity contribution in [3.05, 3.63) is 0 Å². The smallest absolute Gasteiger partial charge is 0.107 e. The van der Waals surface area contributed by atoms with Gasteiger partial charge in [0.2, 0.25) is 0 Å². The van der Waals surface area contributed by atoms with Crippen LogP contribution in [0.15, 0.2) is 0 Å². The van der Waals surface area contributed by atoms with Crippen molar-refractivity contribution in [3.63, 3.8) is 0 Å². The Balaban J connectivity index is 0.00000121. The predicted octanol–water partition coefficient (Wildman–Crippen LogP) is 0.415. The summed E-state index contributed by atoms with van der Waals surface area (Å²) in [7, 11) is 1.66. The molecule has 0 saturated carbocycles. The van der Waals surface area contributed by atoms with Gasteiger partial charge in [-0.15, -0.1) is 0 Å². The van der Waals surface area contributed by atoms with E-state index < -0.39 is 0 Å². The van der Waals surface area contributed by atoms with Gasteiger partial charge in [0, 0.05) is 33.5 Å². The molecular formula is C8H16O3Re. The Morgan fingerprint density at radius 3 is 2.33 bits per heavy atom. The molecule has 0 aromatic heterocycles. The van der Waals surface area contributed by atoms with Gasteiger partial charge in [-0.2, -0.15) is 0 Å². The second kappa shape index (κ2) is 5.31. The molecule has 0 aromatic carbocycles.